The van der Waals surface area contributed by atoms with Gasteiger partial charge < -0.3 is 0 Å². The molecule has 0 bridgehead atoms. The van der Waals surface area contributed by atoms with Crippen LogP contribution in [0.1, 0.15) is 4.88 Å². The van der Waals surface area contributed by atoms with E-state index in [2.05, 4.69) is 6.58 Å². The second kappa shape index (κ2) is 6.96. The molecule has 0 aliphatic carbocycles. The molecule has 124 valence electrons. The van der Waals surface area contributed by atoms with Crippen LogP contribution in [0, 0.1) is 0 Å². The SMILES string of the molecule is C=CCN(Cc1cccs1)S(=O)(=O)c1ccc(S(C)(=O)=O)cc1. The molecule has 0 aliphatic rings. The lowest BCUT2D eigenvalue weighted by atomic mass is 10.4. The minimum Gasteiger partial charge on any atom is -0.224 e. The van der Waals surface area contributed by atoms with Crippen LogP contribution in [0.15, 0.2) is 64.2 Å². The smallest absolute Gasteiger partial charge is 0.224 e. The van der Waals surface area contributed by atoms with Gasteiger partial charge in [-0.05, 0) is 35.7 Å². The molecule has 0 amide bonds. The van der Waals surface area contributed by atoms with E-state index in [1.165, 1.54) is 46.0 Å². The van der Waals surface area contributed by atoms with E-state index in [4.69, 9.17) is 0 Å². The van der Waals surface area contributed by atoms with Gasteiger partial charge in [0.05, 0.1) is 9.79 Å². The Balaban J connectivity index is 2.35. The Morgan fingerprint density at radius 3 is 2.17 bits per heavy atom. The van der Waals surface area contributed by atoms with Crippen LogP contribution in [0.5, 0.6) is 0 Å². The van der Waals surface area contributed by atoms with Crippen molar-refractivity contribution < 1.29 is 16.8 Å². The zero-order valence-corrected chi connectivity index (χ0v) is 15.0. The Morgan fingerprint density at radius 2 is 1.70 bits per heavy atom. The van der Waals surface area contributed by atoms with Gasteiger partial charge in [-0.25, -0.2) is 16.8 Å². The lowest BCUT2D eigenvalue weighted by Gasteiger charge is -2.20. The van der Waals surface area contributed by atoms with Crippen LogP contribution in [0.3, 0.4) is 0 Å². The van der Waals surface area contributed by atoms with E-state index < -0.39 is 19.9 Å². The fraction of sp³-hybridized carbons (Fsp3) is 0.200. The summed E-state index contributed by atoms with van der Waals surface area (Å²) in [7, 11) is -7.09. The van der Waals surface area contributed by atoms with E-state index in [0.29, 0.717) is 0 Å². The molecule has 8 heteroatoms. The monoisotopic (exact) mass is 371 g/mol. The van der Waals surface area contributed by atoms with Crippen LogP contribution in [0.4, 0.5) is 0 Å². The molecule has 2 rings (SSSR count). The van der Waals surface area contributed by atoms with E-state index in [1.54, 1.807) is 0 Å². The van der Waals surface area contributed by atoms with Crippen LogP contribution in [0.2, 0.25) is 0 Å². The highest BCUT2D eigenvalue weighted by molar-refractivity contribution is 7.90. The van der Waals surface area contributed by atoms with Crippen LogP contribution < -0.4 is 0 Å². The highest BCUT2D eigenvalue weighted by Crippen LogP contribution is 2.22. The van der Waals surface area contributed by atoms with E-state index in [9.17, 15) is 16.8 Å². The van der Waals surface area contributed by atoms with E-state index in [1.807, 2.05) is 17.5 Å². The Hall–Kier alpha value is -1.48. The van der Waals surface area contributed by atoms with Crippen molar-refractivity contribution in [3.63, 3.8) is 0 Å². The van der Waals surface area contributed by atoms with Gasteiger partial charge in [-0.15, -0.1) is 17.9 Å². The summed E-state index contributed by atoms with van der Waals surface area (Å²) in [6.45, 7) is 4.03. The van der Waals surface area contributed by atoms with E-state index in [0.717, 1.165) is 11.1 Å². The lowest BCUT2D eigenvalue weighted by Crippen LogP contribution is -2.30. The minimum absolute atomic E-state index is 0.0586. The average Bonchev–Trinajstić information content (AvgIpc) is 2.99. The molecule has 0 radical (unpaired) electrons. The maximum atomic E-state index is 12.7. The molecule has 2 aromatic rings. The van der Waals surface area contributed by atoms with Gasteiger partial charge in [-0.1, -0.05) is 12.1 Å². The summed E-state index contributed by atoms with van der Waals surface area (Å²) >= 11 is 1.47. The van der Waals surface area contributed by atoms with Crippen molar-refractivity contribution in [2.75, 3.05) is 12.8 Å². The van der Waals surface area contributed by atoms with Crippen LogP contribution in [-0.4, -0.2) is 33.9 Å². The number of hydrogen-bond donors (Lipinski definition) is 0. The van der Waals surface area contributed by atoms with Crippen LogP contribution in [0.25, 0.3) is 0 Å². The molecular formula is C15H17NO4S3. The summed E-state index contributed by atoms with van der Waals surface area (Å²) in [5.74, 6) is 0. The van der Waals surface area contributed by atoms with Gasteiger partial charge in [0.15, 0.2) is 9.84 Å². The van der Waals surface area contributed by atoms with Gasteiger partial charge >= 0.3 is 0 Å². The van der Waals surface area contributed by atoms with Crippen molar-refractivity contribution in [1.82, 2.24) is 4.31 Å². The predicted molar refractivity (Wildman–Crippen MR) is 91.7 cm³/mol. The molecule has 1 heterocycles. The Labute approximate surface area is 140 Å². The highest BCUT2D eigenvalue weighted by Gasteiger charge is 2.24. The third-order valence-electron chi connectivity index (χ3n) is 3.13. The maximum Gasteiger partial charge on any atom is 0.243 e. The first-order chi connectivity index (χ1) is 10.7. The zero-order valence-electron chi connectivity index (χ0n) is 12.5. The largest absolute Gasteiger partial charge is 0.243 e. The summed E-state index contributed by atoms with van der Waals surface area (Å²) in [6.07, 6.45) is 2.60. The molecule has 0 saturated heterocycles. The standard InChI is InChI=1S/C15H17NO4S3/c1-3-10-16(12-13-5-4-11-21-13)23(19,20)15-8-6-14(7-9-15)22(2,17)18/h3-9,11H,1,10,12H2,2H3. The van der Waals surface area contributed by atoms with Gasteiger partial charge in [-0.3, -0.25) is 0 Å². The second-order valence-corrected chi connectivity index (χ2v) is 9.90. The number of rotatable bonds is 7. The van der Waals surface area contributed by atoms with Gasteiger partial charge in [-0.2, -0.15) is 4.31 Å². The molecule has 5 nitrogen and oxygen atoms in total. The summed E-state index contributed by atoms with van der Waals surface area (Å²) in [6, 6.07) is 8.97. The van der Waals surface area contributed by atoms with Crippen molar-refractivity contribution in [3.05, 3.63) is 59.3 Å². The van der Waals surface area contributed by atoms with Crippen molar-refractivity contribution in [2.24, 2.45) is 0 Å². The molecule has 0 saturated carbocycles. The fourth-order valence-corrected chi connectivity index (χ4v) is 4.80. The number of sulfonamides is 1. The van der Waals surface area contributed by atoms with Crippen molar-refractivity contribution in [3.8, 4) is 0 Å². The summed E-state index contributed by atoms with van der Waals surface area (Å²) in [5, 5.41) is 1.88. The molecule has 0 aliphatic heterocycles. The molecule has 1 aromatic heterocycles. The Kier molecular flexibility index (Phi) is 5.41. The summed E-state index contributed by atoms with van der Waals surface area (Å²) in [5.41, 5.74) is 0. The molecule has 0 spiro atoms. The fourth-order valence-electron chi connectivity index (χ4n) is 1.98. The average molecular weight is 372 g/mol. The quantitative estimate of drug-likeness (QED) is 0.701. The Morgan fingerprint density at radius 1 is 1.09 bits per heavy atom. The molecular weight excluding hydrogens is 354 g/mol. The first-order valence-corrected chi connectivity index (χ1v) is 10.9. The molecule has 0 unspecified atom stereocenters. The minimum atomic E-state index is -3.73. The molecule has 0 N–H and O–H groups in total. The lowest BCUT2D eigenvalue weighted by molar-refractivity contribution is 0.441. The van der Waals surface area contributed by atoms with Gasteiger partial charge in [0, 0.05) is 24.2 Å². The number of thiophene rings is 1. The molecule has 23 heavy (non-hydrogen) atoms. The molecule has 0 fully saturated rings. The van der Waals surface area contributed by atoms with Crippen LogP contribution >= 0.6 is 11.3 Å². The van der Waals surface area contributed by atoms with Gasteiger partial charge in [0.1, 0.15) is 0 Å². The van der Waals surface area contributed by atoms with Crippen molar-refractivity contribution >= 4 is 31.2 Å². The number of nitrogens with zero attached hydrogens (tertiary/aromatic N) is 1. The third-order valence-corrected chi connectivity index (χ3v) is 6.95. The second-order valence-electron chi connectivity index (χ2n) is 4.91. The van der Waals surface area contributed by atoms with E-state index >= 15 is 0 Å². The maximum absolute atomic E-state index is 12.7. The number of hydrogen-bond acceptors (Lipinski definition) is 5. The topological polar surface area (TPSA) is 71.5 Å². The normalized spacial score (nSPS) is 12.4. The van der Waals surface area contributed by atoms with E-state index in [-0.39, 0.29) is 22.9 Å². The molecule has 1 aromatic carbocycles. The number of sulfone groups is 1. The highest BCUT2D eigenvalue weighted by atomic mass is 32.2. The zero-order chi connectivity index (χ0) is 17.1. The summed E-state index contributed by atoms with van der Waals surface area (Å²) < 4.78 is 49.7. The van der Waals surface area contributed by atoms with Crippen molar-refractivity contribution in [2.45, 2.75) is 16.3 Å². The summed E-state index contributed by atoms with van der Waals surface area (Å²) in [4.78, 5) is 1.07. The molecule has 0 atom stereocenters. The third kappa shape index (κ3) is 4.29. The van der Waals surface area contributed by atoms with Crippen molar-refractivity contribution in [1.29, 1.82) is 0 Å². The first kappa shape index (κ1) is 17.9. The predicted octanol–water partition coefficient (Wildman–Crippen LogP) is 2.53. The van der Waals surface area contributed by atoms with Gasteiger partial charge in [0.25, 0.3) is 0 Å². The van der Waals surface area contributed by atoms with Crippen LogP contribution in [-0.2, 0) is 26.4 Å². The number of benzene rings is 1. The van der Waals surface area contributed by atoms with Gasteiger partial charge in [0.2, 0.25) is 10.0 Å². The Bertz CT molecular complexity index is 867. The first-order valence-electron chi connectivity index (χ1n) is 6.68.